The minimum Gasteiger partial charge on any atom is -0.333 e. The first-order valence-corrected chi connectivity index (χ1v) is 9.86. The Morgan fingerprint density at radius 2 is 1.86 bits per heavy atom. The largest absolute Gasteiger partial charge is 0.333 e. The highest BCUT2D eigenvalue weighted by Crippen LogP contribution is 2.47. The third-order valence-corrected chi connectivity index (χ3v) is 5.63. The molecule has 146 valence electrons. The molecule has 29 heavy (non-hydrogen) atoms. The number of rotatable bonds is 4. The number of hydrogen-bond donors (Lipinski definition) is 2. The van der Waals surface area contributed by atoms with E-state index in [4.69, 9.17) is 0 Å². The molecule has 1 aromatic heterocycles. The zero-order valence-electron chi connectivity index (χ0n) is 16.2. The number of carbonyl (C=O) groups excluding carboxylic acids is 1. The third-order valence-electron chi connectivity index (χ3n) is 5.63. The second kappa shape index (κ2) is 7.16. The lowest BCUT2D eigenvalue weighted by molar-refractivity contribution is -0.114. The Morgan fingerprint density at radius 1 is 1.03 bits per heavy atom. The van der Waals surface area contributed by atoms with Crippen LogP contribution in [-0.4, -0.2) is 27.4 Å². The summed E-state index contributed by atoms with van der Waals surface area (Å²) in [6.07, 6.45) is 3.88. The van der Waals surface area contributed by atoms with Gasteiger partial charge < -0.3 is 15.5 Å². The van der Waals surface area contributed by atoms with E-state index in [-0.39, 0.29) is 5.91 Å². The van der Waals surface area contributed by atoms with E-state index < -0.39 is 0 Å². The fraction of sp³-hybridized carbons (Fsp3) is 0.273. The molecule has 3 aliphatic rings. The topological polar surface area (TPSA) is 83.0 Å². The molecule has 7 nitrogen and oxygen atoms in total. The van der Waals surface area contributed by atoms with Crippen molar-refractivity contribution in [2.24, 2.45) is 0 Å². The Labute approximate surface area is 169 Å². The summed E-state index contributed by atoms with van der Waals surface area (Å²) in [5, 5.41) is 6.00. The van der Waals surface area contributed by atoms with Gasteiger partial charge in [-0.25, -0.2) is 9.97 Å². The van der Waals surface area contributed by atoms with Crippen LogP contribution in [0.25, 0.3) is 0 Å². The molecule has 2 atom stereocenters. The number of nitrogens with zero attached hydrogens (tertiary/aromatic N) is 4. The molecule has 2 N–H and O–H groups in total. The van der Waals surface area contributed by atoms with Crippen molar-refractivity contribution in [3.8, 4) is 0 Å². The number of amides is 1. The molecule has 1 amide bonds. The van der Waals surface area contributed by atoms with Crippen molar-refractivity contribution in [1.82, 2.24) is 15.0 Å². The molecule has 2 aliphatic heterocycles. The lowest BCUT2D eigenvalue weighted by Gasteiger charge is -2.46. The van der Waals surface area contributed by atoms with Crippen LogP contribution >= 0.6 is 0 Å². The molecule has 6 rings (SSSR count). The molecule has 0 saturated carbocycles. The minimum absolute atomic E-state index is 0.106. The standard InChI is InChI=1S/C22H22N6O/c1-14(29)25-16-5-4-6-17(11-16)26-21-23-13-24-22(27-21)28-12-15-9-10-20(28)19-8-3-2-7-18(15)19/h2-8,11,13,15,20H,9-10,12H2,1H3,(H,25,29)(H,23,24,26,27)/t15-,20-/m1/s1. The second-order valence-electron chi connectivity index (χ2n) is 7.57. The molecule has 2 aromatic carbocycles. The fourth-order valence-electron chi connectivity index (χ4n) is 4.45. The van der Waals surface area contributed by atoms with E-state index in [1.54, 1.807) is 6.33 Å². The van der Waals surface area contributed by atoms with Crippen molar-refractivity contribution in [3.63, 3.8) is 0 Å². The summed E-state index contributed by atoms with van der Waals surface area (Å²) in [6.45, 7) is 2.42. The van der Waals surface area contributed by atoms with Crippen LogP contribution in [0.1, 0.15) is 42.9 Å². The van der Waals surface area contributed by atoms with Gasteiger partial charge in [0.15, 0.2) is 0 Å². The molecule has 1 fully saturated rings. The SMILES string of the molecule is CC(=O)Nc1cccc(Nc2ncnc(N3C[C@H]4CC[C@@H]3c3ccccc34)n2)c1. The Morgan fingerprint density at radius 3 is 2.72 bits per heavy atom. The number of anilines is 4. The summed E-state index contributed by atoms with van der Waals surface area (Å²) in [4.78, 5) is 27.0. The van der Waals surface area contributed by atoms with Crippen molar-refractivity contribution in [2.75, 3.05) is 22.1 Å². The number of nitrogens with one attached hydrogen (secondary N) is 2. The summed E-state index contributed by atoms with van der Waals surface area (Å²) >= 11 is 0. The Bertz CT molecular complexity index is 1070. The van der Waals surface area contributed by atoms with Gasteiger partial charge in [-0.2, -0.15) is 4.98 Å². The van der Waals surface area contributed by atoms with Gasteiger partial charge >= 0.3 is 0 Å². The smallest absolute Gasteiger partial charge is 0.232 e. The van der Waals surface area contributed by atoms with E-state index in [1.165, 1.54) is 24.5 Å². The number of aromatic nitrogens is 3. The van der Waals surface area contributed by atoms with Gasteiger partial charge in [-0.15, -0.1) is 0 Å². The first-order valence-electron chi connectivity index (χ1n) is 9.86. The lowest BCUT2D eigenvalue weighted by atomic mass is 9.75. The molecular weight excluding hydrogens is 364 g/mol. The second-order valence-corrected chi connectivity index (χ2v) is 7.57. The monoisotopic (exact) mass is 386 g/mol. The minimum atomic E-state index is -0.106. The van der Waals surface area contributed by atoms with E-state index in [9.17, 15) is 4.79 Å². The lowest BCUT2D eigenvalue weighted by Crippen LogP contribution is -2.43. The molecule has 0 radical (unpaired) electrons. The maximum atomic E-state index is 11.3. The third kappa shape index (κ3) is 3.40. The average molecular weight is 386 g/mol. The van der Waals surface area contributed by atoms with Crippen molar-refractivity contribution in [1.29, 1.82) is 0 Å². The number of benzene rings is 2. The van der Waals surface area contributed by atoms with E-state index in [0.29, 0.717) is 23.9 Å². The molecule has 1 aliphatic carbocycles. The van der Waals surface area contributed by atoms with Crippen LogP contribution in [0.15, 0.2) is 54.9 Å². The zero-order valence-corrected chi connectivity index (χ0v) is 16.2. The maximum absolute atomic E-state index is 11.3. The summed E-state index contributed by atoms with van der Waals surface area (Å²) in [5.74, 6) is 1.61. The number of carbonyl (C=O) groups is 1. The number of hydrogen-bond acceptors (Lipinski definition) is 6. The molecule has 3 heterocycles. The fourth-order valence-corrected chi connectivity index (χ4v) is 4.45. The van der Waals surface area contributed by atoms with E-state index in [0.717, 1.165) is 24.3 Å². The van der Waals surface area contributed by atoms with Crippen molar-refractivity contribution in [2.45, 2.75) is 31.7 Å². The summed E-state index contributed by atoms with van der Waals surface area (Å²) < 4.78 is 0. The predicted molar refractivity (Wildman–Crippen MR) is 112 cm³/mol. The quantitative estimate of drug-likeness (QED) is 0.705. The van der Waals surface area contributed by atoms with Gasteiger partial charge in [0.2, 0.25) is 17.8 Å². The van der Waals surface area contributed by atoms with Gasteiger partial charge in [0, 0.05) is 30.8 Å². The molecule has 1 saturated heterocycles. The van der Waals surface area contributed by atoms with Gasteiger partial charge in [0.05, 0.1) is 6.04 Å². The maximum Gasteiger partial charge on any atom is 0.232 e. The highest BCUT2D eigenvalue weighted by molar-refractivity contribution is 5.89. The van der Waals surface area contributed by atoms with Crippen LogP contribution in [0.2, 0.25) is 0 Å². The van der Waals surface area contributed by atoms with Crippen LogP contribution in [0.4, 0.5) is 23.3 Å². The molecule has 0 unspecified atom stereocenters. The Balaban J connectivity index is 1.39. The molecular formula is C22H22N6O. The van der Waals surface area contributed by atoms with Crippen LogP contribution in [0, 0.1) is 0 Å². The van der Waals surface area contributed by atoms with Crippen LogP contribution in [0.3, 0.4) is 0 Å². The molecule has 0 spiro atoms. The number of piperidine rings is 1. The highest BCUT2D eigenvalue weighted by Gasteiger charge is 2.39. The van der Waals surface area contributed by atoms with Crippen LogP contribution < -0.4 is 15.5 Å². The van der Waals surface area contributed by atoms with E-state index in [2.05, 4.69) is 54.8 Å². The number of fused-ring (bicyclic) bond motifs is 2. The molecule has 7 heteroatoms. The zero-order chi connectivity index (χ0) is 19.8. The first-order chi connectivity index (χ1) is 14.2. The van der Waals surface area contributed by atoms with Crippen molar-refractivity contribution in [3.05, 3.63) is 66.0 Å². The molecule has 3 aromatic rings. The van der Waals surface area contributed by atoms with Crippen LogP contribution in [-0.2, 0) is 4.79 Å². The predicted octanol–water partition coefficient (Wildman–Crippen LogP) is 4.01. The van der Waals surface area contributed by atoms with Gasteiger partial charge in [-0.05, 0) is 42.2 Å². The average Bonchev–Trinajstić information content (AvgIpc) is 2.74. The van der Waals surface area contributed by atoms with Gasteiger partial charge in [0.25, 0.3) is 0 Å². The molecule has 2 bridgehead atoms. The summed E-state index contributed by atoms with van der Waals surface area (Å²) in [5.41, 5.74) is 4.40. The summed E-state index contributed by atoms with van der Waals surface area (Å²) in [6, 6.07) is 16.5. The Kier molecular flexibility index (Phi) is 4.35. The normalized spacial score (nSPS) is 19.6. The van der Waals surface area contributed by atoms with Gasteiger partial charge in [0.1, 0.15) is 6.33 Å². The van der Waals surface area contributed by atoms with E-state index >= 15 is 0 Å². The van der Waals surface area contributed by atoms with Crippen LogP contribution in [0.5, 0.6) is 0 Å². The summed E-state index contributed by atoms with van der Waals surface area (Å²) in [7, 11) is 0. The van der Waals surface area contributed by atoms with Crippen molar-refractivity contribution < 1.29 is 4.79 Å². The van der Waals surface area contributed by atoms with Gasteiger partial charge in [-0.3, -0.25) is 4.79 Å². The van der Waals surface area contributed by atoms with Crippen molar-refractivity contribution >= 4 is 29.2 Å². The first kappa shape index (κ1) is 17.6. The van der Waals surface area contributed by atoms with Gasteiger partial charge in [-0.1, -0.05) is 30.3 Å². The highest BCUT2D eigenvalue weighted by atomic mass is 16.1. The van der Waals surface area contributed by atoms with E-state index in [1.807, 2.05) is 24.3 Å². The Hall–Kier alpha value is -3.48.